The van der Waals surface area contributed by atoms with Gasteiger partial charge in [-0.3, -0.25) is 9.59 Å². The number of anilines is 1. The van der Waals surface area contributed by atoms with Crippen LogP contribution in [0.5, 0.6) is 5.75 Å². The van der Waals surface area contributed by atoms with Gasteiger partial charge in [0.1, 0.15) is 5.75 Å². The number of hydrogen-bond donors (Lipinski definition) is 1. The average molecular weight is 521 g/mol. The molecule has 0 radical (unpaired) electrons. The van der Waals surface area contributed by atoms with Gasteiger partial charge in [0.2, 0.25) is 15.9 Å². The van der Waals surface area contributed by atoms with Crippen molar-refractivity contribution in [3.8, 4) is 5.75 Å². The van der Waals surface area contributed by atoms with E-state index in [0.29, 0.717) is 37.4 Å². The quantitative estimate of drug-likeness (QED) is 0.528. The smallest absolute Gasteiger partial charge is 0.316 e. The van der Waals surface area contributed by atoms with Crippen molar-refractivity contribution in [2.75, 3.05) is 32.1 Å². The van der Waals surface area contributed by atoms with Gasteiger partial charge in [0.15, 0.2) is 0 Å². The summed E-state index contributed by atoms with van der Waals surface area (Å²) in [5, 5.41) is 3.09. The number of ether oxygens (including phenoxy) is 2. The van der Waals surface area contributed by atoms with E-state index < -0.39 is 21.4 Å². The molecule has 35 heavy (non-hydrogen) atoms. The van der Waals surface area contributed by atoms with Crippen LogP contribution < -0.4 is 10.1 Å². The van der Waals surface area contributed by atoms with Gasteiger partial charge in [-0.25, -0.2) is 8.42 Å². The Morgan fingerprint density at radius 3 is 2.49 bits per heavy atom. The number of halogens is 1. The molecular weight excluding hydrogens is 492 g/mol. The first-order valence-electron chi connectivity index (χ1n) is 11.6. The standard InChI is InChI=1S/C25H29ClN2O6S/c1-3-34-24(30)25(12-13-25)18-6-8-19(9-7-18)27-23(29)17-5-4-14-28(16-17)35(31,32)20-10-11-22(33-2)21(26)15-20/h6-11,15,17H,3-5,12-14,16H2,1-2H3,(H,27,29)/t17-/m0/s1. The van der Waals surface area contributed by atoms with E-state index in [1.54, 1.807) is 19.1 Å². The first kappa shape index (κ1) is 25.5. The maximum absolute atomic E-state index is 13.2. The second kappa shape index (κ2) is 10.2. The van der Waals surface area contributed by atoms with Crippen LogP contribution >= 0.6 is 11.6 Å². The lowest BCUT2D eigenvalue weighted by molar-refractivity contribution is -0.146. The summed E-state index contributed by atoms with van der Waals surface area (Å²) in [6.45, 7) is 2.55. The van der Waals surface area contributed by atoms with Gasteiger partial charge in [0, 0.05) is 18.8 Å². The van der Waals surface area contributed by atoms with E-state index in [1.807, 2.05) is 12.1 Å². The summed E-state index contributed by atoms with van der Waals surface area (Å²) < 4.78 is 38.0. The van der Waals surface area contributed by atoms with Crippen LogP contribution in [0, 0.1) is 5.92 Å². The van der Waals surface area contributed by atoms with E-state index in [-0.39, 0.29) is 28.3 Å². The van der Waals surface area contributed by atoms with Crippen LogP contribution in [0.3, 0.4) is 0 Å². The van der Waals surface area contributed by atoms with E-state index in [1.165, 1.54) is 29.6 Å². The number of benzene rings is 2. The number of hydrogen-bond acceptors (Lipinski definition) is 6. The van der Waals surface area contributed by atoms with Crippen molar-refractivity contribution < 1.29 is 27.5 Å². The van der Waals surface area contributed by atoms with Crippen molar-refractivity contribution in [3.05, 3.63) is 53.1 Å². The average Bonchev–Trinajstić information content (AvgIpc) is 3.67. The van der Waals surface area contributed by atoms with E-state index >= 15 is 0 Å². The summed E-state index contributed by atoms with van der Waals surface area (Å²) in [6, 6.07) is 11.5. The van der Waals surface area contributed by atoms with E-state index in [0.717, 1.165) is 18.4 Å². The van der Waals surface area contributed by atoms with Gasteiger partial charge < -0.3 is 14.8 Å². The highest BCUT2D eigenvalue weighted by Gasteiger charge is 2.52. The summed E-state index contributed by atoms with van der Waals surface area (Å²) in [4.78, 5) is 25.3. The second-order valence-electron chi connectivity index (χ2n) is 8.87. The predicted molar refractivity (Wildman–Crippen MR) is 132 cm³/mol. The van der Waals surface area contributed by atoms with Gasteiger partial charge in [-0.1, -0.05) is 23.7 Å². The highest BCUT2D eigenvalue weighted by atomic mass is 35.5. The SMILES string of the molecule is CCOC(=O)C1(c2ccc(NC(=O)[C@H]3CCCN(S(=O)(=O)c4ccc(OC)c(Cl)c4)C3)cc2)CC1. The Morgan fingerprint density at radius 2 is 1.89 bits per heavy atom. The molecule has 10 heteroatoms. The number of methoxy groups -OCH3 is 1. The minimum absolute atomic E-state index is 0.0653. The van der Waals surface area contributed by atoms with Crippen molar-refractivity contribution in [2.45, 2.75) is 42.9 Å². The number of amides is 1. The monoisotopic (exact) mass is 520 g/mol. The highest BCUT2D eigenvalue weighted by molar-refractivity contribution is 7.89. The number of sulfonamides is 1. The molecule has 0 bridgehead atoms. The van der Waals surface area contributed by atoms with Crippen molar-refractivity contribution in [3.63, 3.8) is 0 Å². The first-order valence-corrected chi connectivity index (χ1v) is 13.5. The molecule has 1 N–H and O–H groups in total. The molecule has 2 aromatic carbocycles. The molecule has 8 nitrogen and oxygen atoms in total. The molecule has 1 heterocycles. The fraction of sp³-hybridized carbons (Fsp3) is 0.440. The van der Waals surface area contributed by atoms with Crippen LogP contribution in [-0.4, -0.2) is 51.4 Å². The Balaban J connectivity index is 1.41. The van der Waals surface area contributed by atoms with E-state index in [9.17, 15) is 18.0 Å². The minimum atomic E-state index is -3.81. The van der Waals surface area contributed by atoms with Gasteiger partial charge >= 0.3 is 5.97 Å². The van der Waals surface area contributed by atoms with Crippen molar-refractivity contribution in [1.29, 1.82) is 0 Å². The first-order chi connectivity index (χ1) is 16.7. The van der Waals surface area contributed by atoms with Crippen LogP contribution in [0.15, 0.2) is 47.4 Å². The largest absolute Gasteiger partial charge is 0.495 e. The fourth-order valence-electron chi connectivity index (χ4n) is 4.45. The molecule has 0 spiro atoms. The molecule has 1 aliphatic carbocycles. The number of esters is 1. The number of carbonyl (C=O) groups is 2. The number of nitrogens with zero attached hydrogens (tertiary/aromatic N) is 1. The maximum Gasteiger partial charge on any atom is 0.316 e. The van der Waals surface area contributed by atoms with Gasteiger partial charge in [0.25, 0.3) is 0 Å². The molecule has 1 saturated heterocycles. The predicted octanol–water partition coefficient (Wildman–Crippen LogP) is 3.98. The zero-order valence-electron chi connectivity index (χ0n) is 19.8. The minimum Gasteiger partial charge on any atom is -0.495 e. The van der Waals surface area contributed by atoms with Crippen molar-refractivity contribution in [1.82, 2.24) is 4.31 Å². The van der Waals surface area contributed by atoms with Crippen LogP contribution in [0.4, 0.5) is 5.69 Å². The Bertz CT molecular complexity index is 1210. The molecule has 1 saturated carbocycles. The normalized spacial score (nSPS) is 19.6. The molecule has 4 rings (SSSR count). The summed E-state index contributed by atoms with van der Waals surface area (Å²) >= 11 is 6.12. The van der Waals surface area contributed by atoms with Crippen LogP contribution in [0.25, 0.3) is 0 Å². The summed E-state index contributed by atoms with van der Waals surface area (Å²) in [5.74, 6) is -0.543. The topological polar surface area (TPSA) is 102 Å². The second-order valence-corrected chi connectivity index (χ2v) is 11.2. The lowest BCUT2D eigenvalue weighted by atomic mass is 9.95. The molecule has 188 valence electrons. The van der Waals surface area contributed by atoms with Crippen molar-refractivity contribution in [2.24, 2.45) is 5.92 Å². The molecular formula is C25H29ClN2O6S. The number of carbonyl (C=O) groups excluding carboxylic acids is 2. The van der Waals surface area contributed by atoms with Crippen LogP contribution in [0.1, 0.15) is 38.2 Å². The number of nitrogens with one attached hydrogen (secondary N) is 1. The summed E-state index contributed by atoms with van der Waals surface area (Å²) in [7, 11) is -2.35. The van der Waals surface area contributed by atoms with Gasteiger partial charge in [-0.15, -0.1) is 0 Å². The molecule has 1 amide bonds. The zero-order chi connectivity index (χ0) is 25.2. The Labute approximate surface area is 210 Å². The maximum atomic E-state index is 13.2. The molecule has 0 aromatic heterocycles. The van der Waals surface area contributed by atoms with Crippen LogP contribution in [-0.2, 0) is 29.8 Å². The van der Waals surface area contributed by atoms with Gasteiger partial charge in [-0.05, 0) is 68.5 Å². The lowest BCUT2D eigenvalue weighted by Crippen LogP contribution is -2.43. The number of piperidine rings is 1. The lowest BCUT2D eigenvalue weighted by Gasteiger charge is -2.31. The molecule has 0 unspecified atom stereocenters. The third-order valence-electron chi connectivity index (χ3n) is 6.64. The molecule has 2 aromatic rings. The van der Waals surface area contributed by atoms with Crippen molar-refractivity contribution >= 4 is 39.2 Å². The molecule has 1 aliphatic heterocycles. The Kier molecular flexibility index (Phi) is 7.40. The highest BCUT2D eigenvalue weighted by Crippen LogP contribution is 2.49. The Morgan fingerprint density at radius 1 is 1.17 bits per heavy atom. The summed E-state index contributed by atoms with van der Waals surface area (Å²) in [6.07, 6.45) is 2.67. The fourth-order valence-corrected chi connectivity index (χ4v) is 6.33. The molecule has 2 aliphatic rings. The summed E-state index contributed by atoms with van der Waals surface area (Å²) in [5.41, 5.74) is 0.906. The van der Waals surface area contributed by atoms with Gasteiger partial charge in [0.05, 0.1) is 35.0 Å². The van der Waals surface area contributed by atoms with E-state index in [4.69, 9.17) is 21.1 Å². The number of rotatable bonds is 8. The third kappa shape index (κ3) is 5.17. The zero-order valence-corrected chi connectivity index (χ0v) is 21.3. The Hall–Kier alpha value is -2.62. The third-order valence-corrected chi connectivity index (χ3v) is 8.79. The molecule has 2 fully saturated rings. The van der Waals surface area contributed by atoms with Gasteiger partial charge in [-0.2, -0.15) is 4.31 Å². The van der Waals surface area contributed by atoms with E-state index in [2.05, 4.69) is 5.32 Å². The van der Waals surface area contributed by atoms with Crippen LogP contribution in [0.2, 0.25) is 5.02 Å². The molecule has 1 atom stereocenters.